The molecular weight excluding hydrogens is 612 g/mol. The largest absolute Gasteiger partial charge is 0.462 e. The lowest BCUT2D eigenvalue weighted by molar-refractivity contribution is -0.167. The molecule has 0 bridgehead atoms. The second kappa shape index (κ2) is 34.8. The Morgan fingerprint density at radius 1 is 0.408 bits per heavy atom. The van der Waals surface area contributed by atoms with Crippen LogP contribution < -0.4 is 0 Å². The summed E-state index contributed by atoms with van der Waals surface area (Å²) in [5.74, 6) is 1.51. The zero-order valence-corrected chi connectivity index (χ0v) is 33.5. The third-order valence-electron chi connectivity index (χ3n) is 9.76. The first-order valence-corrected chi connectivity index (χ1v) is 21.1. The zero-order valence-electron chi connectivity index (χ0n) is 33.5. The molecule has 0 aromatic heterocycles. The highest BCUT2D eigenvalue weighted by molar-refractivity contribution is 5.71. The molecule has 0 amide bonds. The highest BCUT2D eigenvalue weighted by Crippen LogP contribution is 2.17. The van der Waals surface area contributed by atoms with Gasteiger partial charge in [-0.1, -0.05) is 183 Å². The maximum absolute atomic E-state index is 12.6. The minimum atomic E-state index is -0.761. The summed E-state index contributed by atoms with van der Waals surface area (Å²) in [6.45, 7) is 13.5. The Balaban J connectivity index is 4.36. The topological polar surface area (TPSA) is 78.9 Å². The van der Waals surface area contributed by atoms with Gasteiger partial charge >= 0.3 is 17.9 Å². The van der Waals surface area contributed by atoms with Crippen LogP contribution in [0.25, 0.3) is 0 Å². The third kappa shape index (κ3) is 36.0. The van der Waals surface area contributed by atoms with Crippen molar-refractivity contribution >= 4 is 17.9 Å². The van der Waals surface area contributed by atoms with Crippen molar-refractivity contribution in [2.24, 2.45) is 17.8 Å². The van der Waals surface area contributed by atoms with E-state index in [0.29, 0.717) is 19.3 Å². The fraction of sp³-hybridized carbons (Fsp3) is 0.930. The molecule has 0 aliphatic heterocycles. The Hall–Kier alpha value is -1.59. The number of ether oxygens (including phenoxy) is 3. The average molecular weight is 695 g/mol. The SMILES string of the molecule is CCC(C)CCCCCCCCCCC(=O)OC[C@H](COC(=O)CCCCCCCCCC(C)C)OC(=O)CCCCCCCCC(C)C. The highest BCUT2D eigenvalue weighted by atomic mass is 16.6. The molecule has 0 aromatic carbocycles. The van der Waals surface area contributed by atoms with Gasteiger partial charge in [-0.2, -0.15) is 0 Å². The first-order valence-electron chi connectivity index (χ1n) is 21.1. The molecule has 290 valence electrons. The van der Waals surface area contributed by atoms with Gasteiger partial charge in [-0.3, -0.25) is 14.4 Å². The lowest BCUT2D eigenvalue weighted by atomic mass is 9.99. The van der Waals surface area contributed by atoms with Gasteiger partial charge in [-0.15, -0.1) is 0 Å². The molecule has 0 aromatic rings. The molecule has 0 saturated heterocycles. The minimum Gasteiger partial charge on any atom is -0.462 e. The number of rotatable bonds is 36. The summed E-state index contributed by atoms with van der Waals surface area (Å²) in [5, 5.41) is 0. The van der Waals surface area contributed by atoms with Crippen LogP contribution in [0.5, 0.6) is 0 Å². The smallest absolute Gasteiger partial charge is 0.306 e. The van der Waals surface area contributed by atoms with Crippen LogP contribution in [0.1, 0.15) is 221 Å². The molecule has 0 aliphatic rings. The molecule has 0 radical (unpaired) electrons. The van der Waals surface area contributed by atoms with Gasteiger partial charge < -0.3 is 14.2 Å². The fourth-order valence-corrected chi connectivity index (χ4v) is 6.14. The van der Waals surface area contributed by atoms with Gasteiger partial charge in [-0.25, -0.2) is 0 Å². The highest BCUT2D eigenvalue weighted by Gasteiger charge is 2.19. The molecule has 1 unspecified atom stereocenters. The van der Waals surface area contributed by atoms with E-state index in [-0.39, 0.29) is 31.1 Å². The molecule has 0 fully saturated rings. The number of carbonyl (C=O) groups is 3. The number of carbonyl (C=O) groups excluding carboxylic acids is 3. The summed E-state index contributed by atoms with van der Waals surface area (Å²) in [6, 6.07) is 0. The average Bonchev–Trinajstić information content (AvgIpc) is 3.06. The molecule has 0 N–H and O–H groups in total. The van der Waals surface area contributed by atoms with E-state index in [1.807, 2.05) is 0 Å². The van der Waals surface area contributed by atoms with Crippen molar-refractivity contribution in [3.63, 3.8) is 0 Å². The van der Waals surface area contributed by atoms with E-state index in [1.54, 1.807) is 0 Å². The quantitative estimate of drug-likeness (QED) is 0.0369. The number of hydrogen-bond donors (Lipinski definition) is 0. The van der Waals surface area contributed by atoms with Crippen LogP contribution in [0.4, 0.5) is 0 Å². The summed E-state index contributed by atoms with van der Waals surface area (Å²) >= 11 is 0. The molecule has 0 saturated carbocycles. The van der Waals surface area contributed by atoms with Gasteiger partial charge in [0.25, 0.3) is 0 Å². The molecular formula is C43H82O6. The van der Waals surface area contributed by atoms with Crippen LogP contribution in [0.2, 0.25) is 0 Å². The normalized spacial score (nSPS) is 12.7. The van der Waals surface area contributed by atoms with Crippen molar-refractivity contribution in [2.75, 3.05) is 13.2 Å². The Bertz CT molecular complexity index is 763. The standard InChI is InChI=1S/C43H82O6/c1-7-39(6)31-25-19-12-8-9-13-20-26-32-41(44)47-35-40(49-43(46)34-28-22-16-15-18-24-30-38(4)5)36-48-42(45)33-27-21-14-10-11-17-23-29-37(2)3/h37-40H,7-36H2,1-6H3/t39?,40-/m1/s1. The summed E-state index contributed by atoms with van der Waals surface area (Å²) in [4.78, 5) is 37.5. The lowest BCUT2D eigenvalue weighted by Gasteiger charge is -2.18. The number of unbranched alkanes of at least 4 members (excludes halogenated alkanes) is 18. The van der Waals surface area contributed by atoms with Gasteiger partial charge in [-0.05, 0) is 37.0 Å². The van der Waals surface area contributed by atoms with E-state index in [9.17, 15) is 14.4 Å². The van der Waals surface area contributed by atoms with Crippen molar-refractivity contribution < 1.29 is 28.6 Å². The number of esters is 3. The van der Waals surface area contributed by atoms with Gasteiger partial charge in [0.1, 0.15) is 13.2 Å². The van der Waals surface area contributed by atoms with Crippen LogP contribution in [0.15, 0.2) is 0 Å². The van der Waals surface area contributed by atoms with Crippen LogP contribution in [-0.2, 0) is 28.6 Å². The van der Waals surface area contributed by atoms with Crippen molar-refractivity contribution in [3.8, 4) is 0 Å². The monoisotopic (exact) mass is 695 g/mol. The minimum absolute atomic E-state index is 0.0683. The predicted molar refractivity (Wildman–Crippen MR) is 206 cm³/mol. The molecule has 0 aliphatic carbocycles. The van der Waals surface area contributed by atoms with Crippen molar-refractivity contribution in [1.82, 2.24) is 0 Å². The Morgan fingerprint density at radius 2 is 0.714 bits per heavy atom. The molecule has 6 nitrogen and oxygen atoms in total. The van der Waals surface area contributed by atoms with Gasteiger partial charge in [0.15, 0.2) is 6.10 Å². The van der Waals surface area contributed by atoms with E-state index < -0.39 is 6.10 Å². The molecule has 6 heteroatoms. The summed E-state index contributed by atoms with van der Waals surface area (Å²) < 4.78 is 16.6. The van der Waals surface area contributed by atoms with E-state index in [0.717, 1.165) is 75.5 Å². The van der Waals surface area contributed by atoms with Crippen molar-refractivity contribution in [3.05, 3.63) is 0 Å². The maximum Gasteiger partial charge on any atom is 0.306 e. The van der Waals surface area contributed by atoms with Crippen LogP contribution in [0.3, 0.4) is 0 Å². The first kappa shape index (κ1) is 47.4. The molecule has 2 atom stereocenters. The van der Waals surface area contributed by atoms with Gasteiger partial charge in [0.05, 0.1) is 0 Å². The summed E-state index contributed by atoms with van der Waals surface area (Å²) in [7, 11) is 0. The Morgan fingerprint density at radius 3 is 1.06 bits per heavy atom. The molecule has 0 spiro atoms. The Kier molecular flexibility index (Phi) is 33.7. The fourth-order valence-electron chi connectivity index (χ4n) is 6.14. The van der Waals surface area contributed by atoms with Crippen molar-refractivity contribution in [1.29, 1.82) is 0 Å². The predicted octanol–water partition coefficient (Wildman–Crippen LogP) is 12.9. The second-order valence-electron chi connectivity index (χ2n) is 15.8. The molecule has 0 heterocycles. The van der Waals surface area contributed by atoms with Gasteiger partial charge in [0.2, 0.25) is 0 Å². The lowest BCUT2D eigenvalue weighted by Crippen LogP contribution is -2.30. The first-order chi connectivity index (χ1) is 23.6. The van der Waals surface area contributed by atoms with E-state index in [1.165, 1.54) is 103 Å². The molecule has 0 rings (SSSR count). The second-order valence-corrected chi connectivity index (χ2v) is 15.8. The van der Waals surface area contributed by atoms with Crippen LogP contribution in [-0.4, -0.2) is 37.2 Å². The summed E-state index contributed by atoms with van der Waals surface area (Å²) in [5.41, 5.74) is 0. The number of hydrogen-bond acceptors (Lipinski definition) is 6. The van der Waals surface area contributed by atoms with E-state index in [2.05, 4.69) is 41.5 Å². The summed E-state index contributed by atoms with van der Waals surface area (Å²) in [6.07, 6.45) is 29.6. The van der Waals surface area contributed by atoms with Crippen molar-refractivity contribution in [2.45, 2.75) is 227 Å². The van der Waals surface area contributed by atoms with E-state index >= 15 is 0 Å². The zero-order chi connectivity index (χ0) is 36.4. The van der Waals surface area contributed by atoms with Crippen LogP contribution in [0, 0.1) is 17.8 Å². The van der Waals surface area contributed by atoms with Crippen LogP contribution >= 0.6 is 0 Å². The maximum atomic E-state index is 12.6. The Labute approximate surface area is 304 Å². The van der Waals surface area contributed by atoms with E-state index in [4.69, 9.17) is 14.2 Å². The van der Waals surface area contributed by atoms with Gasteiger partial charge in [0, 0.05) is 19.3 Å². The third-order valence-corrected chi connectivity index (χ3v) is 9.76. The molecule has 49 heavy (non-hydrogen) atoms.